The summed E-state index contributed by atoms with van der Waals surface area (Å²) in [5.74, 6) is 0.254. The van der Waals surface area contributed by atoms with Gasteiger partial charge in [0.1, 0.15) is 0 Å². The van der Waals surface area contributed by atoms with Gasteiger partial charge in [0.2, 0.25) is 5.91 Å². The van der Waals surface area contributed by atoms with E-state index >= 15 is 0 Å². The molecule has 0 radical (unpaired) electrons. The van der Waals surface area contributed by atoms with Crippen LogP contribution in [0.5, 0.6) is 0 Å². The van der Waals surface area contributed by atoms with E-state index in [1.165, 1.54) is 16.7 Å². The Morgan fingerprint density at radius 2 is 2.14 bits per heavy atom. The molecule has 1 aromatic carbocycles. The Bertz CT molecular complexity index is 371. The van der Waals surface area contributed by atoms with Gasteiger partial charge in [-0.05, 0) is 36.8 Å². The van der Waals surface area contributed by atoms with Crippen molar-refractivity contribution in [3.05, 3.63) is 34.9 Å². The van der Waals surface area contributed by atoms with Gasteiger partial charge < -0.3 is 5.73 Å². The minimum atomic E-state index is -0.181. The molecular weight excluding hydrogens is 174 g/mol. The van der Waals surface area contributed by atoms with Crippen molar-refractivity contribution in [3.8, 4) is 0 Å². The molecule has 0 fully saturated rings. The van der Waals surface area contributed by atoms with E-state index in [4.69, 9.17) is 5.73 Å². The van der Waals surface area contributed by atoms with E-state index in [2.05, 4.69) is 25.1 Å². The number of hydrogen-bond donors (Lipinski definition) is 1. The number of benzene rings is 1. The largest absolute Gasteiger partial charge is 0.370 e. The third kappa shape index (κ3) is 1.79. The number of amides is 1. The lowest BCUT2D eigenvalue weighted by Crippen LogP contribution is -2.16. The molecule has 2 N–H and O–H groups in total. The van der Waals surface area contributed by atoms with Crippen LogP contribution in [0.2, 0.25) is 0 Å². The number of carbonyl (C=O) groups is 1. The normalized spacial score (nSPS) is 19.4. The highest BCUT2D eigenvalue weighted by atomic mass is 16.1. The van der Waals surface area contributed by atoms with Crippen molar-refractivity contribution in [2.45, 2.75) is 26.2 Å². The average Bonchev–Trinajstić information content (AvgIpc) is 2.44. The van der Waals surface area contributed by atoms with Crippen molar-refractivity contribution in [3.63, 3.8) is 0 Å². The van der Waals surface area contributed by atoms with Crippen LogP contribution in [-0.4, -0.2) is 5.91 Å². The molecule has 1 unspecified atom stereocenters. The number of carbonyl (C=O) groups excluding carboxylic acids is 1. The fourth-order valence-corrected chi connectivity index (χ4v) is 2.27. The first-order chi connectivity index (χ1) is 6.65. The van der Waals surface area contributed by atoms with Crippen molar-refractivity contribution in [1.29, 1.82) is 0 Å². The Kier molecular flexibility index (Phi) is 2.28. The SMILES string of the molecule is Cc1ccc2c(c1)CC(CC(N)=O)C2. The van der Waals surface area contributed by atoms with Crippen molar-refractivity contribution in [1.82, 2.24) is 0 Å². The van der Waals surface area contributed by atoms with Gasteiger partial charge in [-0.1, -0.05) is 23.8 Å². The second kappa shape index (κ2) is 3.45. The van der Waals surface area contributed by atoms with Gasteiger partial charge in [-0.25, -0.2) is 0 Å². The molecule has 14 heavy (non-hydrogen) atoms. The lowest BCUT2D eigenvalue weighted by Gasteiger charge is -2.03. The maximum atomic E-state index is 10.8. The third-order valence-electron chi connectivity index (χ3n) is 2.87. The van der Waals surface area contributed by atoms with E-state index in [0.29, 0.717) is 12.3 Å². The molecule has 0 saturated heterocycles. The Morgan fingerprint density at radius 1 is 1.43 bits per heavy atom. The molecule has 1 aliphatic carbocycles. The van der Waals surface area contributed by atoms with E-state index in [-0.39, 0.29) is 5.91 Å². The van der Waals surface area contributed by atoms with Crippen molar-refractivity contribution >= 4 is 5.91 Å². The standard InChI is InChI=1S/C12H15NO/c1-8-2-3-10-5-9(7-12(13)14)6-11(10)4-8/h2-4,9H,5-7H2,1H3,(H2,13,14). The molecule has 1 aliphatic rings. The topological polar surface area (TPSA) is 43.1 Å². The summed E-state index contributed by atoms with van der Waals surface area (Å²) in [4.78, 5) is 10.8. The highest BCUT2D eigenvalue weighted by Gasteiger charge is 2.22. The molecule has 1 amide bonds. The van der Waals surface area contributed by atoms with Crippen LogP contribution in [0.1, 0.15) is 23.1 Å². The molecule has 1 aromatic rings. The number of primary amides is 1. The van der Waals surface area contributed by atoms with Gasteiger partial charge in [-0.3, -0.25) is 4.79 Å². The molecule has 0 spiro atoms. The van der Waals surface area contributed by atoms with E-state index in [1.807, 2.05) is 0 Å². The molecule has 74 valence electrons. The van der Waals surface area contributed by atoms with Crippen LogP contribution in [0, 0.1) is 12.8 Å². The lowest BCUT2D eigenvalue weighted by atomic mass is 10.0. The summed E-state index contributed by atoms with van der Waals surface area (Å²) in [6, 6.07) is 6.52. The fraction of sp³-hybridized carbons (Fsp3) is 0.417. The molecule has 2 heteroatoms. The van der Waals surface area contributed by atoms with Gasteiger partial charge in [0.25, 0.3) is 0 Å². The molecule has 0 saturated carbocycles. The summed E-state index contributed by atoms with van der Waals surface area (Å²) >= 11 is 0. The maximum Gasteiger partial charge on any atom is 0.217 e. The zero-order valence-electron chi connectivity index (χ0n) is 8.42. The molecule has 2 rings (SSSR count). The molecule has 0 bridgehead atoms. The van der Waals surface area contributed by atoms with Gasteiger partial charge >= 0.3 is 0 Å². The fourth-order valence-electron chi connectivity index (χ4n) is 2.27. The van der Waals surface area contributed by atoms with Crippen molar-refractivity contribution in [2.24, 2.45) is 11.7 Å². The van der Waals surface area contributed by atoms with Crippen LogP contribution >= 0.6 is 0 Å². The average molecular weight is 189 g/mol. The Hall–Kier alpha value is -1.31. The van der Waals surface area contributed by atoms with Gasteiger partial charge in [-0.15, -0.1) is 0 Å². The zero-order chi connectivity index (χ0) is 10.1. The van der Waals surface area contributed by atoms with Gasteiger partial charge in [0.15, 0.2) is 0 Å². The summed E-state index contributed by atoms with van der Waals surface area (Å²) in [5, 5.41) is 0. The van der Waals surface area contributed by atoms with Crippen LogP contribution in [0.3, 0.4) is 0 Å². The number of rotatable bonds is 2. The Balaban J connectivity index is 2.14. The van der Waals surface area contributed by atoms with E-state index in [9.17, 15) is 4.79 Å². The van der Waals surface area contributed by atoms with Crippen molar-refractivity contribution in [2.75, 3.05) is 0 Å². The minimum absolute atomic E-state index is 0.181. The highest BCUT2D eigenvalue weighted by molar-refractivity contribution is 5.74. The Labute approximate surface area is 84.1 Å². The van der Waals surface area contributed by atoms with Gasteiger partial charge in [0, 0.05) is 6.42 Å². The highest BCUT2D eigenvalue weighted by Crippen LogP contribution is 2.29. The summed E-state index contributed by atoms with van der Waals surface area (Å²) in [5.41, 5.74) is 9.28. The molecule has 1 atom stereocenters. The van der Waals surface area contributed by atoms with Crippen LogP contribution in [0.25, 0.3) is 0 Å². The summed E-state index contributed by atoms with van der Waals surface area (Å²) in [6.07, 6.45) is 2.55. The number of hydrogen-bond acceptors (Lipinski definition) is 1. The smallest absolute Gasteiger partial charge is 0.217 e. The summed E-state index contributed by atoms with van der Waals surface area (Å²) in [6.45, 7) is 2.10. The minimum Gasteiger partial charge on any atom is -0.370 e. The van der Waals surface area contributed by atoms with Gasteiger partial charge in [-0.2, -0.15) is 0 Å². The molecule has 0 aromatic heterocycles. The first kappa shape index (κ1) is 9.25. The van der Waals surface area contributed by atoms with Gasteiger partial charge in [0.05, 0.1) is 0 Å². The number of nitrogens with two attached hydrogens (primary N) is 1. The monoisotopic (exact) mass is 189 g/mol. The molecular formula is C12H15NO. The predicted molar refractivity (Wildman–Crippen MR) is 55.9 cm³/mol. The Morgan fingerprint density at radius 3 is 2.86 bits per heavy atom. The van der Waals surface area contributed by atoms with E-state index < -0.39 is 0 Å². The van der Waals surface area contributed by atoms with E-state index in [0.717, 1.165) is 12.8 Å². The van der Waals surface area contributed by atoms with Crippen molar-refractivity contribution < 1.29 is 4.79 Å². The predicted octanol–water partition coefficient (Wildman–Crippen LogP) is 1.59. The summed E-state index contributed by atoms with van der Waals surface area (Å²) in [7, 11) is 0. The summed E-state index contributed by atoms with van der Waals surface area (Å²) < 4.78 is 0. The van der Waals surface area contributed by atoms with E-state index in [1.54, 1.807) is 0 Å². The first-order valence-corrected chi connectivity index (χ1v) is 5.02. The quantitative estimate of drug-likeness (QED) is 0.754. The van der Waals surface area contributed by atoms with Crippen LogP contribution in [0.15, 0.2) is 18.2 Å². The zero-order valence-corrected chi connectivity index (χ0v) is 8.42. The third-order valence-corrected chi connectivity index (χ3v) is 2.87. The van der Waals surface area contributed by atoms with Crippen LogP contribution in [0.4, 0.5) is 0 Å². The molecule has 2 nitrogen and oxygen atoms in total. The van der Waals surface area contributed by atoms with Crippen LogP contribution < -0.4 is 5.73 Å². The number of fused-ring (bicyclic) bond motifs is 1. The maximum absolute atomic E-state index is 10.8. The molecule has 0 aliphatic heterocycles. The first-order valence-electron chi connectivity index (χ1n) is 5.02. The number of aryl methyl sites for hydroxylation is 1. The second-order valence-corrected chi connectivity index (χ2v) is 4.22. The second-order valence-electron chi connectivity index (χ2n) is 4.22. The molecule has 0 heterocycles. The van der Waals surface area contributed by atoms with Crippen LogP contribution in [-0.2, 0) is 17.6 Å². The lowest BCUT2D eigenvalue weighted by molar-refractivity contribution is -0.118.